The quantitative estimate of drug-likeness (QED) is 0.339. The summed E-state index contributed by atoms with van der Waals surface area (Å²) in [7, 11) is 1.72. The average molecular weight is 540 g/mol. The van der Waals surface area contributed by atoms with Crippen LogP contribution in [0.25, 0.3) is 0 Å². The van der Waals surface area contributed by atoms with E-state index in [9.17, 15) is 22.8 Å². The normalized spacial score (nSPS) is 12.4. The van der Waals surface area contributed by atoms with Crippen LogP contribution in [0.2, 0.25) is 5.02 Å². The van der Waals surface area contributed by atoms with Crippen LogP contribution in [0.4, 0.5) is 18.9 Å². The number of rotatable bonds is 9. The highest BCUT2D eigenvalue weighted by atomic mass is 35.5. The van der Waals surface area contributed by atoms with Gasteiger partial charge in [0.25, 0.3) is 5.91 Å². The molecule has 2 aromatic carbocycles. The molecule has 0 saturated heterocycles. The van der Waals surface area contributed by atoms with Crippen molar-refractivity contribution >= 4 is 40.9 Å². The molecule has 0 radical (unpaired) electrons. The molecule has 0 saturated carbocycles. The standard InChI is InChI=1S/C24H25ClF3N5O2S/c1-14(2)11-19(30-22(35)17-9-4-5-10-18(17)25)21-31-32-23(33(21)3)36-13-20(34)29-16-8-6-7-15(12-16)24(26,27)28/h4-10,12,14,19H,11,13H2,1-3H3,(H,29,34)(H,30,35)/t19-/m1/s1. The Labute approximate surface area is 215 Å². The van der Waals surface area contributed by atoms with Crippen molar-refractivity contribution in [3.63, 3.8) is 0 Å². The summed E-state index contributed by atoms with van der Waals surface area (Å²) in [5, 5.41) is 14.5. The number of carbonyl (C=O) groups excluding carboxylic acids is 2. The predicted octanol–water partition coefficient (Wildman–Crippen LogP) is 5.74. The Kier molecular flexibility index (Phi) is 9.02. The summed E-state index contributed by atoms with van der Waals surface area (Å²) in [5.41, 5.74) is -0.453. The lowest BCUT2D eigenvalue weighted by molar-refractivity contribution is -0.137. The molecule has 12 heteroatoms. The highest BCUT2D eigenvalue weighted by Crippen LogP contribution is 2.31. The van der Waals surface area contributed by atoms with Gasteiger partial charge >= 0.3 is 6.18 Å². The third-order valence-corrected chi connectivity index (χ3v) is 6.47. The molecule has 3 aromatic rings. The van der Waals surface area contributed by atoms with E-state index < -0.39 is 23.7 Å². The van der Waals surface area contributed by atoms with Gasteiger partial charge < -0.3 is 15.2 Å². The van der Waals surface area contributed by atoms with E-state index in [2.05, 4.69) is 20.8 Å². The van der Waals surface area contributed by atoms with Crippen LogP contribution in [-0.2, 0) is 18.0 Å². The van der Waals surface area contributed by atoms with Crippen molar-refractivity contribution in [3.8, 4) is 0 Å². The van der Waals surface area contributed by atoms with Crippen molar-refractivity contribution in [2.45, 2.75) is 37.6 Å². The summed E-state index contributed by atoms with van der Waals surface area (Å²) in [6.07, 6.45) is -3.92. The van der Waals surface area contributed by atoms with Crippen molar-refractivity contribution in [1.29, 1.82) is 0 Å². The molecule has 0 spiro atoms. The summed E-state index contributed by atoms with van der Waals surface area (Å²) in [6.45, 7) is 4.03. The molecule has 0 aliphatic heterocycles. The molecular formula is C24H25ClF3N5O2S. The van der Waals surface area contributed by atoms with E-state index in [1.165, 1.54) is 12.1 Å². The lowest BCUT2D eigenvalue weighted by atomic mass is 10.0. The first-order chi connectivity index (χ1) is 17.0. The highest BCUT2D eigenvalue weighted by molar-refractivity contribution is 7.99. The van der Waals surface area contributed by atoms with E-state index in [-0.39, 0.29) is 23.3 Å². The Morgan fingerprint density at radius 2 is 1.83 bits per heavy atom. The van der Waals surface area contributed by atoms with Gasteiger partial charge in [0.1, 0.15) is 0 Å². The van der Waals surface area contributed by atoms with Crippen molar-refractivity contribution in [1.82, 2.24) is 20.1 Å². The number of alkyl halides is 3. The van der Waals surface area contributed by atoms with Gasteiger partial charge in [-0.25, -0.2) is 0 Å². The maximum Gasteiger partial charge on any atom is 0.416 e. The topological polar surface area (TPSA) is 88.9 Å². The molecular weight excluding hydrogens is 515 g/mol. The minimum Gasteiger partial charge on any atom is -0.342 e. The minimum absolute atomic E-state index is 0.0494. The molecule has 0 unspecified atom stereocenters. The lowest BCUT2D eigenvalue weighted by Gasteiger charge is -2.20. The van der Waals surface area contributed by atoms with E-state index in [0.717, 1.165) is 23.9 Å². The molecule has 2 N–H and O–H groups in total. The molecule has 0 aliphatic carbocycles. The van der Waals surface area contributed by atoms with Gasteiger partial charge in [-0.05, 0) is 42.7 Å². The lowest BCUT2D eigenvalue weighted by Crippen LogP contribution is -2.31. The molecule has 0 aliphatic rings. The monoisotopic (exact) mass is 539 g/mol. The average Bonchev–Trinajstić information content (AvgIpc) is 3.17. The molecule has 36 heavy (non-hydrogen) atoms. The van der Waals surface area contributed by atoms with Crippen LogP contribution < -0.4 is 10.6 Å². The van der Waals surface area contributed by atoms with Gasteiger partial charge in [0, 0.05) is 12.7 Å². The van der Waals surface area contributed by atoms with Gasteiger partial charge in [0.2, 0.25) is 5.91 Å². The van der Waals surface area contributed by atoms with Gasteiger partial charge in [-0.1, -0.05) is 55.4 Å². The predicted molar refractivity (Wildman–Crippen MR) is 133 cm³/mol. The second-order valence-corrected chi connectivity index (χ2v) is 9.80. The van der Waals surface area contributed by atoms with E-state index >= 15 is 0 Å². The maximum atomic E-state index is 12.9. The van der Waals surface area contributed by atoms with Crippen LogP contribution in [0.5, 0.6) is 0 Å². The number of benzene rings is 2. The number of hydrogen-bond acceptors (Lipinski definition) is 5. The molecule has 1 heterocycles. The van der Waals surface area contributed by atoms with Gasteiger partial charge in [0.15, 0.2) is 11.0 Å². The fraction of sp³-hybridized carbons (Fsp3) is 0.333. The Balaban J connectivity index is 1.68. The summed E-state index contributed by atoms with van der Waals surface area (Å²) >= 11 is 7.24. The molecule has 0 fully saturated rings. The Morgan fingerprint density at radius 1 is 1.11 bits per heavy atom. The summed E-state index contributed by atoms with van der Waals surface area (Å²) < 4.78 is 40.4. The molecule has 0 bridgehead atoms. The van der Waals surface area contributed by atoms with Crippen LogP contribution in [-0.4, -0.2) is 32.3 Å². The van der Waals surface area contributed by atoms with Crippen molar-refractivity contribution in [2.75, 3.05) is 11.1 Å². The number of nitrogens with zero attached hydrogens (tertiary/aromatic N) is 3. The summed E-state index contributed by atoms with van der Waals surface area (Å²) in [4.78, 5) is 25.2. The number of aromatic nitrogens is 3. The smallest absolute Gasteiger partial charge is 0.342 e. The number of amides is 2. The van der Waals surface area contributed by atoms with Crippen LogP contribution in [0.1, 0.15) is 48.1 Å². The Hall–Kier alpha value is -3.05. The SMILES string of the molecule is CC(C)C[C@@H](NC(=O)c1ccccc1Cl)c1nnc(SCC(=O)Nc2cccc(C(F)(F)F)c2)n1C. The molecule has 3 rings (SSSR count). The minimum atomic E-state index is -4.50. The highest BCUT2D eigenvalue weighted by Gasteiger charge is 2.30. The number of anilines is 1. The van der Waals surface area contributed by atoms with E-state index in [4.69, 9.17) is 11.6 Å². The fourth-order valence-corrected chi connectivity index (χ4v) is 4.38. The zero-order valence-corrected chi connectivity index (χ0v) is 21.3. The molecule has 2 amide bonds. The third-order valence-electron chi connectivity index (χ3n) is 5.12. The molecule has 192 valence electrons. The Bertz CT molecular complexity index is 1230. The number of thioether (sulfide) groups is 1. The van der Waals surface area contributed by atoms with Gasteiger partial charge in [-0.2, -0.15) is 13.2 Å². The van der Waals surface area contributed by atoms with Crippen molar-refractivity contribution in [2.24, 2.45) is 13.0 Å². The second kappa shape index (κ2) is 11.8. The molecule has 7 nitrogen and oxygen atoms in total. The number of halogens is 4. The van der Waals surface area contributed by atoms with E-state index in [1.807, 2.05) is 13.8 Å². The zero-order valence-electron chi connectivity index (χ0n) is 19.8. The first-order valence-corrected chi connectivity index (χ1v) is 12.4. The number of carbonyl (C=O) groups is 2. The number of nitrogens with one attached hydrogen (secondary N) is 2. The van der Waals surface area contributed by atoms with Crippen molar-refractivity contribution in [3.05, 3.63) is 70.5 Å². The van der Waals surface area contributed by atoms with Crippen LogP contribution >= 0.6 is 23.4 Å². The first kappa shape index (κ1) is 27.5. The largest absolute Gasteiger partial charge is 0.416 e. The van der Waals surface area contributed by atoms with Gasteiger partial charge in [-0.15, -0.1) is 10.2 Å². The van der Waals surface area contributed by atoms with Crippen LogP contribution in [0.15, 0.2) is 53.7 Å². The molecule has 1 atom stereocenters. The summed E-state index contributed by atoms with van der Waals surface area (Å²) in [6, 6.07) is 10.7. The second-order valence-electron chi connectivity index (χ2n) is 8.45. The van der Waals surface area contributed by atoms with Crippen molar-refractivity contribution < 1.29 is 22.8 Å². The van der Waals surface area contributed by atoms with E-state index in [1.54, 1.807) is 35.9 Å². The fourth-order valence-electron chi connectivity index (χ4n) is 3.44. The van der Waals surface area contributed by atoms with Crippen LogP contribution in [0.3, 0.4) is 0 Å². The molecule has 1 aromatic heterocycles. The van der Waals surface area contributed by atoms with Gasteiger partial charge in [0.05, 0.1) is 27.9 Å². The summed E-state index contributed by atoms with van der Waals surface area (Å²) in [5.74, 6) is -0.195. The number of hydrogen-bond donors (Lipinski definition) is 2. The zero-order chi connectivity index (χ0) is 26.5. The third kappa shape index (κ3) is 7.23. The first-order valence-electron chi connectivity index (χ1n) is 11.0. The maximum absolute atomic E-state index is 12.9. The Morgan fingerprint density at radius 3 is 2.50 bits per heavy atom. The van der Waals surface area contributed by atoms with Crippen LogP contribution in [0, 0.1) is 5.92 Å². The van der Waals surface area contributed by atoms with Gasteiger partial charge in [-0.3, -0.25) is 9.59 Å². The van der Waals surface area contributed by atoms with E-state index in [0.29, 0.717) is 28.0 Å².